The quantitative estimate of drug-likeness (QED) is 0.461. The zero-order valence-electron chi connectivity index (χ0n) is 12.5. The van der Waals surface area contributed by atoms with Crippen LogP contribution in [-0.2, 0) is 6.54 Å². The summed E-state index contributed by atoms with van der Waals surface area (Å²) >= 11 is 2.02. The molecule has 1 aromatic rings. The molecule has 0 amide bonds. The highest BCUT2D eigenvalue weighted by Crippen LogP contribution is 2.29. The summed E-state index contributed by atoms with van der Waals surface area (Å²) in [6, 6.07) is 1.94. The van der Waals surface area contributed by atoms with Gasteiger partial charge in [0.2, 0.25) is 0 Å². The highest BCUT2D eigenvalue weighted by Gasteiger charge is 2.28. The Morgan fingerprint density at radius 3 is 2.90 bits per heavy atom. The van der Waals surface area contributed by atoms with Crippen molar-refractivity contribution in [1.29, 1.82) is 0 Å². The average Bonchev–Trinajstić information content (AvgIpc) is 2.75. The molecule has 0 bridgehead atoms. The lowest BCUT2D eigenvalue weighted by Crippen LogP contribution is -2.50. The van der Waals surface area contributed by atoms with E-state index in [0.29, 0.717) is 6.54 Å². The molecular weight excluding hydrogens is 387 g/mol. The number of nitrogens with one attached hydrogen (secondary N) is 1. The van der Waals surface area contributed by atoms with Crippen molar-refractivity contribution >= 4 is 41.7 Å². The van der Waals surface area contributed by atoms with Crippen LogP contribution in [0.1, 0.15) is 25.3 Å². The summed E-state index contributed by atoms with van der Waals surface area (Å²) in [5, 5.41) is 7.22. The van der Waals surface area contributed by atoms with E-state index in [-0.39, 0.29) is 28.7 Å². The monoisotopic (exact) mass is 410 g/mol. The topological polar surface area (TPSA) is 53.7 Å². The zero-order valence-corrected chi connectivity index (χ0v) is 15.6. The molecule has 0 atom stereocenters. The second-order valence-electron chi connectivity index (χ2n) is 5.37. The molecule has 0 aromatic carbocycles. The number of rotatable bonds is 2. The smallest absolute Gasteiger partial charge is 0.194 e. The maximum atomic E-state index is 5.20. The summed E-state index contributed by atoms with van der Waals surface area (Å²) in [4.78, 5) is 6.66. The summed E-state index contributed by atoms with van der Waals surface area (Å²) in [5.41, 5.74) is 0.905. The zero-order chi connectivity index (χ0) is 13.9. The van der Waals surface area contributed by atoms with E-state index in [1.165, 1.54) is 0 Å². The first kappa shape index (κ1) is 17.6. The molecule has 0 saturated carbocycles. The third-order valence-electron chi connectivity index (χ3n) is 3.03. The first-order chi connectivity index (χ1) is 9.00. The van der Waals surface area contributed by atoms with Gasteiger partial charge in [0.05, 0.1) is 12.2 Å². The lowest BCUT2D eigenvalue weighted by Gasteiger charge is -2.39. The van der Waals surface area contributed by atoms with Gasteiger partial charge in [-0.05, 0) is 20.8 Å². The second kappa shape index (κ2) is 7.53. The van der Waals surface area contributed by atoms with Gasteiger partial charge in [0.25, 0.3) is 0 Å². The number of thioether (sulfide) groups is 1. The van der Waals surface area contributed by atoms with Crippen molar-refractivity contribution in [3.63, 3.8) is 0 Å². The maximum absolute atomic E-state index is 5.20. The van der Waals surface area contributed by atoms with Crippen LogP contribution >= 0.6 is 35.7 Å². The third-order valence-corrected chi connectivity index (χ3v) is 4.33. The van der Waals surface area contributed by atoms with E-state index in [4.69, 9.17) is 4.52 Å². The van der Waals surface area contributed by atoms with Gasteiger partial charge in [0.15, 0.2) is 11.7 Å². The minimum Gasteiger partial charge on any atom is -0.359 e. The van der Waals surface area contributed by atoms with E-state index < -0.39 is 0 Å². The largest absolute Gasteiger partial charge is 0.359 e. The Labute approximate surface area is 142 Å². The molecule has 0 radical (unpaired) electrons. The molecule has 1 aromatic heterocycles. The van der Waals surface area contributed by atoms with Gasteiger partial charge in [-0.2, -0.15) is 11.8 Å². The molecule has 1 aliphatic heterocycles. The predicted octanol–water partition coefficient (Wildman–Crippen LogP) is 2.50. The Balaban J connectivity index is 0.00000200. The molecule has 1 N–H and O–H groups in total. The first-order valence-electron chi connectivity index (χ1n) is 6.52. The first-order valence-corrected chi connectivity index (χ1v) is 7.50. The SMILES string of the molecule is CN=C(NCc1cc(C)no1)N1CCSC(C)(C)C1.I. The Kier molecular flexibility index (Phi) is 6.63. The van der Waals surface area contributed by atoms with Crippen LogP contribution in [0.4, 0.5) is 0 Å². The average molecular weight is 410 g/mol. The number of guanidine groups is 1. The Morgan fingerprint density at radius 1 is 1.60 bits per heavy atom. The van der Waals surface area contributed by atoms with Crippen LogP contribution in [-0.4, -0.2) is 46.7 Å². The number of nitrogens with zero attached hydrogens (tertiary/aromatic N) is 3. The highest BCUT2D eigenvalue weighted by molar-refractivity contribution is 14.0. The lowest BCUT2D eigenvalue weighted by atomic mass is 10.2. The second-order valence-corrected chi connectivity index (χ2v) is 7.17. The molecule has 2 rings (SSSR count). The highest BCUT2D eigenvalue weighted by atomic mass is 127. The van der Waals surface area contributed by atoms with Gasteiger partial charge >= 0.3 is 0 Å². The fourth-order valence-corrected chi connectivity index (χ4v) is 3.31. The summed E-state index contributed by atoms with van der Waals surface area (Å²) in [6.45, 7) is 9.13. The van der Waals surface area contributed by atoms with Crippen LogP contribution in [0.3, 0.4) is 0 Å². The van der Waals surface area contributed by atoms with E-state index in [9.17, 15) is 0 Å². The Morgan fingerprint density at radius 2 is 2.35 bits per heavy atom. The fraction of sp³-hybridized carbons (Fsp3) is 0.692. The summed E-state index contributed by atoms with van der Waals surface area (Å²) in [7, 11) is 1.82. The molecule has 5 nitrogen and oxygen atoms in total. The molecule has 0 unspecified atom stereocenters. The van der Waals surface area contributed by atoms with Gasteiger partial charge in [-0.15, -0.1) is 24.0 Å². The van der Waals surface area contributed by atoms with Gasteiger partial charge in [0.1, 0.15) is 0 Å². The van der Waals surface area contributed by atoms with Crippen molar-refractivity contribution in [3.05, 3.63) is 17.5 Å². The maximum Gasteiger partial charge on any atom is 0.194 e. The predicted molar refractivity (Wildman–Crippen MR) is 95.0 cm³/mol. The lowest BCUT2D eigenvalue weighted by molar-refractivity contribution is 0.358. The molecular formula is C13H23IN4OS. The summed E-state index contributed by atoms with van der Waals surface area (Å²) in [6.07, 6.45) is 0. The Hall–Kier alpha value is -0.440. The molecule has 0 aliphatic carbocycles. The summed E-state index contributed by atoms with van der Waals surface area (Å²) < 4.78 is 5.47. The fourth-order valence-electron chi connectivity index (χ4n) is 2.20. The third kappa shape index (κ3) is 4.83. The number of hydrogen-bond donors (Lipinski definition) is 1. The molecule has 1 fully saturated rings. The van der Waals surface area contributed by atoms with Crippen LogP contribution in [0.5, 0.6) is 0 Å². The van der Waals surface area contributed by atoms with E-state index in [1.807, 2.05) is 31.8 Å². The van der Waals surface area contributed by atoms with Crippen molar-refractivity contribution in [2.45, 2.75) is 32.1 Å². The van der Waals surface area contributed by atoms with E-state index in [1.54, 1.807) is 0 Å². The van der Waals surface area contributed by atoms with Gasteiger partial charge < -0.3 is 14.7 Å². The number of hydrogen-bond acceptors (Lipinski definition) is 4. The van der Waals surface area contributed by atoms with Gasteiger partial charge in [0, 0.05) is 36.7 Å². The van der Waals surface area contributed by atoms with Crippen molar-refractivity contribution in [2.24, 2.45) is 4.99 Å². The van der Waals surface area contributed by atoms with Crippen molar-refractivity contribution in [1.82, 2.24) is 15.4 Å². The van der Waals surface area contributed by atoms with Crippen LogP contribution in [0.15, 0.2) is 15.6 Å². The van der Waals surface area contributed by atoms with Gasteiger partial charge in [-0.1, -0.05) is 5.16 Å². The van der Waals surface area contributed by atoms with E-state index >= 15 is 0 Å². The van der Waals surface area contributed by atoms with Crippen LogP contribution in [0, 0.1) is 6.92 Å². The van der Waals surface area contributed by atoms with Gasteiger partial charge in [-0.3, -0.25) is 4.99 Å². The van der Waals surface area contributed by atoms with Crippen LogP contribution in [0.25, 0.3) is 0 Å². The molecule has 20 heavy (non-hydrogen) atoms. The molecule has 7 heteroatoms. The Bertz CT molecular complexity index is 461. The van der Waals surface area contributed by atoms with Crippen LogP contribution in [0.2, 0.25) is 0 Å². The normalized spacial score (nSPS) is 18.6. The van der Waals surface area contributed by atoms with Crippen molar-refractivity contribution in [2.75, 3.05) is 25.9 Å². The molecule has 0 spiro atoms. The van der Waals surface area contributed by atoms with E-state index in [0.717, 1.165) is 36.3 Å². The van der Waals surface area contributed by atoms with Crippen molar-refractivity contribution in [3.8, 4) is 0 Å². The number of aliphatic imine (C=N–C) groups is 1. The standard InChI is InChI=1S/C13H22N4OS.HI/c1-10-7-11(18-16-10)8-15-12(14-4)17-5-6-19-13(2,3)9-17;/h7H,5-6,8-9H2,1-4H3,(H,14,15);1H. The molecule has 114 valence electrons. The molecule has 1 aliphatic rings. The van der Waals surface area contributed by atoms with Gasteiger partial charge in [-0.25, -0.2) is 0 Å². The van der Waals surface area contributed by atoms with Crippen molar-refractivity contribution < 1.29 is 4.52 Å². The molecule has 2 heterocycles. The number of aryl methyl sites for hydroxylation is 1. The number of halogens is 1. The minimum absolute atomic E-state index is 0. The summed E-state index contributed by atoms with van der Waals surface area (Å²) in [5.74, 6) is 2.90. The van der Waals surface area contributed by atoms with Crippen LogP contribution < -0.4 is 5.32 Å². The van der Waals surface area contributed by atoms with E-state index in [2.05, 4.69) is 34.2 Å². The number of aromatic nitrogens is 1. The minimum atomic E-state index is 0. The molecule has 1 saturated heterocycles.